The first-order chi connectivity index (χ1) is 27.2. The van der Waals surface area contributed by atoms with E-state index in [9.17, 15) is 24.0 Å². The van der Waals surface area contributed by atoms with E-state index in [1.54, 1.807) is 12.1 Å². The molecular weight excluding hydrogens is 764 g/mol. The highest BCUT2D eigenvalue weighted by atomic mass is 35.5. The zero-order valence-electron chi connectivity index (χ0n) is 33.1. The second-order valence-electron chi connectivity index (χ2n) is 16.5. The standard InChI is InChI=1S/C43H53ClN6O6S/c1-5-13-32(36(52)39(54)45-24-31-25-57-40(46-31)28-16-10-7-11-17-28)47-38(53)34-23-43(22-33(49-56-43)29-18-12-19-30(44)21-29)26-50(34)41(55)37(42(2,3)4)48-35(51)20-27-14-8-6-9-15-27/h7,10-12,16-19,21-22,25,27,32,34,37,49H,5-6,8-9,13-15,20,23-24,26H2,1-4H3,(H,45,54)(H,47,53)(H,48,51)/t32-,34-,37+,43+/m0/s1. The van der Waals surface area contributed by atoms with Gasteiger partial charge in [-0.3, -0.25) is 34.3 Å². The van der Waals surface area contributed by atoms with Crippen molar-refractivity contribution in [2.75, 3.05) is 6.54 Å². The van der Waals surface area contributed by atoms with Gasteiger partial charge in [0.2, 0.25) is 23.5 Å². The van der Waals surface area contributed by atoms with Crippen LogP contribution in [0.4, 0.5) is 0 Å². The van der Waals surface area contributed by atoms with E-state index < -0.39 is 52.6 Å². The summed E-state index contributed by atoms with van der Waals surface area (Å²) in [6.45, 7) is 7.54. The van der Waals surface area contributed by atoms with Crippen molar-refractivity contribution in [3.8, 4) is 10.6 Å². The number of benzene rings is 2. The molecule has 6 rings (SSSR count). The fourth-order valence-electron chi connectivity index (χ4n) is 7.85. The molecule has 1 aromatic heterocycles. The van der Waals surface area contributed by atoms with Gasteiger partial charge in [0.05, 0.1) is 30.5 Å². The van der Waals surface area contributed by atoms with Crippen molar-refractivity contribution in [3.63, 3.8) is 0 Å². The first-order valence-electron chi connectivity index (χ1n) is 19.9. The zero-order chi connectivity index (χ0) is 40.7. The summed E-state index contributed by atoms with van der Waals surface area (Å²) in [5, 5.41) is 11.7. The maximum atomic E-state index is 14.7. The van der Waals surface area contributed by atoms with Crippen molar-refractivity contribution in [1.82, 2.24) is 31.3 Å². The largest absolute Gasteiger partial charge is 0.344 e. The third-order valence-corrected chi connectivity index (χ3v) is 12.1. The molecule has 3 aliphatic rings. The molecule has 0 bridgehead atoms. The van der Waals surface area contributed by atoms with Gasteiger partial charge < -0.3 is 20.9 Å². The Hall–Kier alpha value is -4.59. The van der Waals surface area contributed by atoms with Crippen LogP contribution in [0.15, 0.2) is 66.1 Å². The van der Waals surface area contributed by atoms with Crippen molar-refractivity contribution >= 4 is 58.0 Å². The number of hydrogen-bond acceptors (Lipinski definition) is 9. The molecule has 1 aliphatic carbocycles. The number of nitrogens with zero attached hydrogens (tertiary/aromatic N) is 2. The van der Waals surface area contributed by atoms with E-state index in [4.69, 9.17) is 16.4 Å². The zero-order valence-corrected chi connectivity index (χ0v) is 34.6. The number of carbonyl (C=O) groups excluding carboxylic acids is 5. The molecule has 12 nitrogen and oxygen atoms in total. The van der Waals surface area contributed by atoms with Gasteiger partial charge in [-0.15, -0.1) is 11.3 Å². The highest BCUT2D eigenvalue weighted by Crippen LogP contribution is 2.39. The Bertz CT molecular complexity index is 1970. The summed E-state index contributed by atoms with van der Waals surface area (Å²) < 4.78 is 0. The second-order valence-corrected chi connectivity index (χ2v) is 17.8. The van der Waals surface area contributed by atoms with Gasteiger partial charge >= 0.3 is 0 Å². The van der Waals surface area contributed by atoms with Crippen LogP contribution in [0.3, 0.4) is 0 Å². The highest BCUT2D eigenvalue weighted by Gasteiger charge is 2.54. The summed E-state index contributed by atoms with van der Waals surface area (Å²) >= 11 is 7.73. The summed E-state index contributed by atoms with van der Waals surface area (Å²) in [6, 6.07) is 13.7. The normalized spacial score (nSPS) is 20.7. The van der Waals surface area contributed by atoms with E-state index >= 15 is 0 Å². The average molecular weight is 817 g/mol. The summed E-state index contributed by atoms with van der Waals surface area (Å²) in [6.07, 6.45) is 8.29. The molecule has 4 atom stereocenters. The van der Waals surface area contributed by atoms with Gasteiger partial charge in [-0.25, -0.2) is 4.98 Å². The lowest BCUT2D eigenvalue weighted by Gasteiger charge is -2.36. The van der Waals surface area contributed by atoms with Crippen LogP contribution in [0.5, 0.6) is 0 Å². The molecule has 4 N–H and O–H groups in total. The number of aromatic nitrogens is 1. The second kappa shape index (κ2) is 18.3. The minimum absolute atomic E-state index is 0.00243. The number of likely N-dealkylation sites (tertiary alicyclic amines) is 1. The Morgan fingerprint density at radius 2 is 1.75 bits per heavy atom. The third-order valence-electron chi connectivity index (χ3n) is 10.9. The number of halogens is 1. The van der Waals surface area contributed by atoms with Crippen LogP contribution in [0.25, 0.3) is 16.3 Å². The van der Waals surface area contributed by atoms with Gasteiger partial charge in [0, 0.05) is 34.4 Å². The fraction of sp³-hybridized carbons (Fsp3) is 0.488. The topological polar surface area (TPSA) is 159 Å². The Kier molecular flexibility index (Phi) is 13.5. The van der Waals surface area contributed by atoms with E-state index in [2.05, 4.69) is 26.4 Å². The Morgan fingerprint density at radius 3 is 2.46 bits per heavy atom. The van der Waals surface area contributed by atoms with Gasteiger partial charge in [-0.1, -0.05) is 107 Å². The summed E-state index contributed by atoms with van der Waals surface area (Å²) in [4.78, 5) is 81.6. The summed E-state index contributed by atoms with van der Waals surface area (Å²) in [7, 11) is 0. The number of rotatable bonds is 14. The van der Waals surface area contributed by atoms with Crippen molar-refractivity contribution < 1.29 is 28.8 Å². The smallest absolute Gasteiger partial charge is 0.289 e. The molecule has 2 aromatic carbocycles. The molecule has 57 heavy (non-hydrogen) atoms. The van der Waals surface area contributed by atoms with Crippen LogP contribution in [-0.4, -0.2) is 69.6 Å². The molecule has 0 radical (unpaired) electrons. The predicted octanol–water partition coefficient (Wildman–Crippen LogP) is 6.35. The maximum Gasteiger partial charge on any atom is 0.289 e. The molecule has 2 fully saturated rings. The first-order valence-corrected chi connectivity index (χ1v) is 21.2. The minimum Gasteiger partial charge on any atom is -0.344 e. The average Bonchev–Trinajstić information content (AvgIpc) is 3.95. The summed E-state index contributed by atoms with van der Waals surface area (Å²) in [5.41, 5.74) is 4.11. The van der Waals surface area contributed by atoms with Gasteiger partial charge in [0.1, 0.15) is 22.7 Å². The third kappa shape index (κ3) is 10.5. The van der Waals surface area contributed by atoms with E-state index in [0.29, 0.717) is 29.3 Å². The molecule has 2 aliphatic heterocycles. The monoisotopic (exact) mass is 816 g/mol. The minimum atomic E-state index is -1.14. The number of thiazole rings is 1. The van der Waals surface area contributed by atoms with E-state index in [0.717, 1.165) is 41.8 Å². The number of carbonyl (C=O) groups is 5. The molecular formula is C43H53ClN6O6S. The lowest BCUT2D eigenvalue weighted by atomic mass is 9.84. The number of Topliss-reactive ketones (excluding diaryl/α,β-unsaturated/α-hetero) is 1. The van der Waals surface area contributed by atoms with Crippen LogP contribution < -0.4 is 21.4 Å². The molecule has 304 valence electrons. The quantitative estimate of drug-likeness (QED) is 0.137. The van der Waals surface area contributed by atoms with Crippen LogP contribution in [0.2, 0.25) is 5.02 Å². The summed E-state index contributed by atoms with van der Waals surface area (Å²) in [5.74, 6) is -2.58. The fourth-order valence-corrected chi connectivity index (χ4v) is 8.87. The molecule has 1 saturated heterocycles. The van der Waals surface area contributed by atoms with Crippen LogP contribution in [0, 0.1) is 11.3 Å². The van der Waals surface area contributed by atoms with E-state index in [-0.39, 0.29) is 37.8 Å². The lowest BCUT2D eigenvalue weighted by molar-refractivity contribution is -0.145. The van der Waals surface area contributed by atoms with Gasteiger partial charge in [0.25, 0.3) is 5.91 Å². The maximum absolute atomic E-state index is 14.7. The predicted molar refractivity (Wildman–Crippen MR) is 220 cm³/mol. The van der Waals surface area contributed by atoms with E-state index in [1.807, 2.05) is 81.6 Å². The Morgan fingerprint density at radius 1 is 1.02 bits per heavy atom. The molecule has 1 spiro atoms. The van der Waals surface area contributed by atoms with Crippen molar-refractivity contribution in [2.24, 2.45) is 11.3 Å². The molecule has 3 aromatic rings. The van der Waals surface area contributed by atoms with Crippen molar-refractivity contribution in [2.45, 2.75) is 116 Å². The van der Waals surface area contributed by atoms with Crippen molar-refractivity contribution in [3.05, 3.63) is 82.3 Å². The molecule has 4 amide bonds. The Labute approximate surface area is 343 Å². The number of ketones is 1. The van der Waals surface area contributed by atoms with Gasteiger partial charge in [-0.05, 0) is 48.8 Å². The van der Waals surface area contributed by atoms with Crippen LogP contribution in [-0.2, 0) is 35.4 Å². The number of hydrogen-bond donors (Lipinski definition) is 4. The molecule has 14 heteroatoms. The SMILES string of the molecule is CCC[C@H](NC(=O)[C@@H]1C[C@]2(C=C(c3cccc(Cl)c3)NO2)CN1C(=O)[C@@H](NC(=O)CC1CCCCC1)C(C)(C)C)C(=O)C(=O)NCc1csc(-c2ccccc2)n1. The Balaban J connectivity index is 1.20. The number of amides is 4. The van der Waals surface area contributed by atoms with Crippen molar-refractivity contribution in [1.29, 1.82) is 0 Å². The molecule has 0 unspecified atom stereocenters. The highest BCUT2D eigenvalue weighted by molar-refractivity contribution is 7.13. The van der Waals surface area contributed by atoms with E-state index in [1.165, 1.54) is 22.7 Å². The van der Waals surface area contributed by atoms with Crippen LogP contribution >= 0.6 is 22.9 Å². The van der Waals surface area contributed by atoms with Crippen LogP contribution in [0.1, 0.15) is 96.7 Å². The molecule has 1 saturated carbocycles. The van der Waals surface area contributed by atoms with Gasteiger partial charge in [0.15, 0.2) is 0 Å². The number of nitrogens with one attached hydrogen (secondary N) is 4. The van der Waals surface area contributed by atoms with Gasteiger partial charge in [-0.2, -0.15) is 0 Å². The molecule has 3 heterocycles. The number of hydroxylamine groups is 1. The lowest BCUT2D eigenvalue weighted by Crippen LogP contribution is -2.59. The first kappa shape index (κ1) is 42.0.